The smallest absolute Gasteiger partial charge is 0.0326 e. The van der Waals surface area contributed by atoms with Gasteiger partial charge in [-0.15, -0.1) is 0 Å². The van der Waals surface area contributed by atoms with Gasteiger partial charge in [-0.2, -0.15) is 0 Å². The molecule has 0 bridgehead atoms. The highest BCUT2D eigenvalue weighted by Crippen LogP contribution is 2.54. The average Bonchev–Trinajstić information content (AvgIpc) is 2.62. The Morgan fingerprint density at radius 2 is 1.85 bits per heavy atom. The van der Waals surface area contributed by atoms with E-state index in [4.69, 9.17) is 0 Å². The van der Waals surface area contributed by atoms with Gasteiger partial charge in [0.15, 0.2) is 0 Å². The summed E-state index contributed by atoms with van der Waals surface area (Å²) in [5, 5.41) is 0. The Labute approximate surface area is 83.1 Å². The molecule has 0 radical (unpaired) electrons. The van der Waals surface area contributed by atoms with E-state index in [1.165, 1.54) is 19.3 Å². The summed E-state index contributed by atoms with van der Waals surface area (Å²) >= 11 is 0. The van der Waals surface area contributed by atoms with Crippen molar-refractivity contribution in [3.05, 3.63) is 0 Å². The number of hydrogen-bond acceptors (Lipinski definition) is 0. The predicted molar refractivity (Wildman–Crippen MR) is 57.6 cm³/mol. The summed E-state index contributed by atoms with van der Waals surface area (Å²) in [6, 6.07) is 0. The molecule has 2 fully saturated rings. The Hall–Kier alpha value is 0. The highest BCUT2D eigenvalue weighted by molar-refractivity contribution is 4.94. The van der Waals surface area contributed by atoms with Crippen molar-refractivity contribution in [3.8, 4) is 0 Å². The molecule has 76 valence electrons. The Kier molecular flexibility index (Phi) is 2.42. The zero-order chi connectivity index (χ0) is 9.47. The molecular weight excluding hydrogens is 156 g/mol. The highest BCUT2D eigenvalue weighted by atomic mass is 14.5. The third-order valence-corrected chi connectivity index (χ3v) is 5.00. The van der Waals surface area contributed by atoms with Gasteiger partial charge in [-0.1, -0.05) is 40.0 Å². The zero-order valence-corrected chi connectivity index (χ0v) is 9.47. The first-order valence-electron chi connectivity index (χ1n) is 6.15. The van der Waals surface area contributed by atoms with E-state index in [2.05, 4.69) is 20.8 Å². The maximum absolute atomic E-state index is 2.48. The molecule has 2 aliphatic carbocycles. The van der Waals surface area contributed by atoms with Crippen LogP contribution < -0.4 is 0 Å². The largest absolute Gasteiger partial charge is 0.0649 e. The fraction of sp³-hybridized carbons (Fsp3) is 1.00. The second kappa shape index (κ2) is 3.29. The number of fused-ring (bicyclic) bond motifs is 1. The van der Waals surface area contributed by atoms with Crippen molar-refractivity contribution < 1.29 is 0 Å². The van der Waals surface area contributed by atoms with Crippen LogP contribution in [0.15, 0.2) is 0 Å². The maximum atomic E-state index is 2.48. The fourth-order valence-electron chi connectivity index (χ4n) is 3.79. The standard InChI is InChI=1S/C13H24/c1-4-13(2,3)12-9-8-10-6-5-7-11(10)12/h10-12H,4-9H2,1-3H3. The number of hydrogen-bond donors (Lipinski definition) is 0. The van der Waals surface area contributed by atoms with Crippen LogP contribution in [0.5, 0.6) is 0 Å². The van der Waals surface area contributed by atoms with Gasteiger partial charge in [-0.05, 0) is 42.4 Å². The van der Waals surface area contributed by atoms with Gasteiger partial charge < -0.3 is 0 Å². The van der Waals surface area contributed by atoms with Crippen molar-refractivity contribution in [1.82, 2.24) is 0 Å². The van der Waals surface area contributed by atoms with Crippen LogP contribution in [-0.4, -0.2) is 0 Å². The third kappa shape index (κ3) is 1.53. The van der Waals surface area contributed by atoms with Gasteiger partial charge in [0.2, 0.25) is 0 Å². The van der Waals surface area contributed by atoms with Crippen LogP contribution in [0.25, 0.3) is 0 Å². The van der Waals surface area contributed by atoms with Gasteiger partial charge in [0.1, 0.15) is 0 Å². The van der Waals surface area contributed by atoms with Crippen LogP contribution in [-0.2, 0) is 0 Å². The molecule has 0 N–H and O–H groups in total. The van der Waals surface area contributed by atoms with Crippen LogP contribution in [0.1, 0.15) is 59.3 Å². The summed E-state index contributed by atoms with van der Waals surface area (Å²) in [7, 11) is 0. The molecule has 2 aliphatic rings. The molecule has 0 saturated heterocycles. The normalized spacial score (nSPS) is 39.5. The minimum Gasteiger partial charge on any atom is -0.0649 e. The molecule has 2 saturated carbocycles. The first kappa shape index (κ1) is 9.55. The van der Waals surface area contributed by atoms with Gasteiger partial charge in [0, 0.05) is 0 Å². The quantitative estimate of drug-likeness (QED) is 0.596. The van der Waals surface area contributed by atoms with E-state index in [1.807, 2.05) is 0 Å². The molecule has 13 heavy (non-hydrogen) atoms. The lowest BCUT2D eigenvalue weighted by Gasteiger charge is -2.34. The first-order valence-corrected chi connectivity index (χ1v) is 6.15. The van der Waals surface area contributed by atoms with Crippen molar-refractivity contribution in [2.75, 3.05) is 0 Å². The first-order chi connectivity index (χ1) is 6.15. The van der Waals surface area contributed by atoms with Gasteiger partial charge in [-0.3, -0.25) is 0 Å². The van der Waals surface area contributed by atoms with E-state index >= 15 is 0 Å². The molecule has 0 aromatic rings. The van der Waals surface area contributed by atoms with Crippen molar-refractivity contribution in [3.63, 3.8) is 0 Å². The van der Waals surface area contributed by atoms with Gasteiger partial charge >= 0.3 is 0 Å². The Balaban J connectivity index is 2.08. The van der Waals surface area contributed by atoms with Gasteiger partial charge in [0.05, 0.1) is 0 Å². The van der Waals surface area contributed by atoms with Crippen LogP contribution in [0, 0.1) is 23.2 Å². The van der Waals surface area contributed by atoms with E-state index < -0.39 is 0 Å². The van der Waals surface area contributed by atoms with Crippen molar-refractivity contribution in [2.24, 2.45) is 23.2 Å². The highest BCUT2D eigenvalue weighted by Gasteiger charge is 2.44. The van der Waals surface area contributed by atoms with Crippen molar-refractivity contribution in [1.29, 1.82) is 0 Å². The van der Waals surface area contributed by atoms with Crippen LogP contribution in [0.2, 0.25) is 0 Å². The van der Waals surface area contributed by atoms with Crippen LogP contribution in [0.4, 0.5) is 0 Å². The Bertz CT molecular complexity index is 180. The van der Waals surface area contributed by atoms with E-state index in [0.717, 1.165) is 17.8 Å². The molecule has 0 heterocycles. The summed E-state index contributed by atoms with van der Waals surface area (Å²) in [6.45, 7) is 7.33. The number of rotatable bonds is 2. The molecule has 3 atom stereocenters. The monoisotopic (exact) mass is 180 g/mol. The summed E-state index contributed by atoms with van der Waals surface area (Å²) in [5.74, 6) is 3.27. The minimum absolute atomic E-state index is 0.615. The zero-order valence-electron chi connectivity index (χ0n) is 9.47. The second-order valence-corrected chi connectivity index (χ2v) is 5.88. The molecule has 2 rings (SSSR count). The van der Waals surface area contributed by atoms with Gasteiger partial charge in [-0.25, -0.2) is 0 Å². The minimum atomic E-state index is 0.615. The molecule has 0 amide bonds. The lowest BCUT2D eigenvalue weighted by atomic mass is 9.71. The summed E-state index contributed by atoms with van der Waals surface area (Å²) < 4.78 is 0. The maximum Gasteiger partial charge on any atom is -0.0326 e. The second-order valence-electron chi connectivity index (χ2n) is 5.88. The van der Waals surface area contributed by atoms with E-state index in [-0.39, 0.29) is 0 Å². The Morgan fingerprint density at radius 1 is 1.08 bits per heavy atom. The third-order valence-electron chi connectivity index (χ3n) is 5.00. The van der Waals surface area contributed by atoms with Crippen molar-refractivity contribution >= 4 is 0 Å². The van der Waals surface area contributed by atoms with Crippen LogP contribution >= 0.6 is 0 Å². The SMILES string of the molecule is CCC(C)(C)C1CCC2CCCC21. The van der Waals surface area contributed by atoms with E-state index in [9.17, 15) is 0 Å². The molecule has 0 spiro atoms. The topological polar surface area (TPSA) is 0 Å². The predicted octanol–water partition coefficient (Wildman–Crippen LogP) is 4.25. The molecule has 0 nitrogen and oxygen atoms in total. The molecule has 0 heteroatoms. The lowest BCUT2D eigenvalue weighted by molar-refractivity contribution is 0.149. The molecular formula is C13H24. The van der Waals surface area contributed by atoms with Crippen LogP contribution in [0.3, 0.4) is 0 Å². The lowest BCUT2D eigenvalue weighted by Crippen LogP contribution is -2.26. The Morgan fingerprint density at radius 3 is 2.54 bits per heavy atom. The van der Waals surface area contributed by atoms with Gasteiger partial charge in [0.25, 0.3) is 0 Å². The summed E-state index contributed by atoms with van der Waals surface area (Å²) in [4.78, 5) is 0. The molecule has 3 unspecified atom stereocenters. The van der Waals surface area contributed by atoms with Crippen molar-refractivity contribution in [2.45, 2.75) is 59.3 Å². The fourth-order valence-corrected chi connectivity index (χ4v) is 3.79. The molecule has 0 aromatic carbocycles. The summed E-state index contributed by atoms with van der Waals surface area (Å²) in [6.07, 6.45) is 9.03. The summed E-state index contributed by atoms with van der Waals surface area (Å²) in [5.41, 5.74) is 0.615. The molecule has 0 aliphatic heterocycles. The van der Waals surface area contributed by atoms with E-state index in [1.54, 1.807) is 19.3 Å². The average molecular weight is 180 g/mol. The van der Waals surface area contributed by atoms with E-state index in [0.29, 0.717) is 5.41 Å². The molecule has 0 aromatic heterocycles.